The predicted octanol–water partition coefficient (Wildman–Crippen LogP) is 5.86. The molecule has 0 saturated carbocycles. The topological polar surface area (TPSA) is 0 Å². The standard InChI is InChI=1S/2C5H3Br2.Fe/c2*6-4-2-1-3-5(4)7;/h2*1-3H;/q2*-1;+2. The van der Waals surface area contributed by atoms with Crippen LogP contribution in [0.1, 0.15) is 0 Å². The zero-order chi connectivity index (χ0) is 10.6. The minimum Gasteiger partial charge on any atom is -0.212 e. The van der Waals surface area contributed by atoms with Crippen molar-refractivity contribution in [1.82, 2.24) is 0 Å². The van der Waals surface area contributed by atoms with Gasteiger partial charge in [0.05, 0.1) is 0 Å². The third-order valence-corrected chi connectivity index (χ3v) is 5.26. The Morgan fingerprint density at radius 1 is 0.800 bits per heavy atom. The smallest absolute Gasteiger partial charge is 0.212 e. The van der Waals surface area contributed by atoms with E-state index in [1.807, 2.05) is 36.4 Å². The van der Waals surface area contributed by atoms with E-state index in [0.29, 0.717) is 0 Å². The molecule has 0 aliphatic rings. The average molecular weight is 502 g/mol. The van der Waals surface area contributed by atoms with Crippen LogP contribution in [0.5, 0.6) is 0 Å². The van der Waals surface area contributed by atoms with Gasteiger partial charge in [-0.05, 0) is 0 Å². The van der Waals surface area contributed by atoms with Gasteiger partial charge in [0.15, 0.2) is 0 Å². The third-order valence-electron chi connectivity index (χ3n) is 1.43. The maximum atomic E-state index is 3.32. The Hall–Kier alpha value is 1.14. The molecule has 0 aliphatic heterocycles. The molecule has 82 valence electrons. The number of hydrogen-bond acceptors (Lipinski definition) is 0. The van der Waals surface area contributed by atoms with Crippen molar-refractivity contribution >= 4 is 63.7 Å². The van der Waals surface area contributed by atoms with E-state index in [-0.39, 0.29) is 17.1 Å². The van der Waals surface area contributed by atoms with Crippen LogP contribution in [0.4, 0.5) is 0 Å². The van der Waals surface area contributed by atoms with Crippen LogP contribution in [-0.2, 0) is 17.1 Å². The molecule has 0 bridgehead atoms. The van der Waals surface area contributed by atoms with Crippen molar-refractivity contribution in [3.8, 4) is 0 Å². The summed E-state index contributed by atoms with van der Waals surface area (Å²) in [4.78, 5) is 0. The molecule has 0 aromatic heterocycles. The molecule has 0 nitrogen and oxygen atoms in total. The first-order chi connectivity index (χ1) is 6.61. The van der Waals surface area contributed by atoms with Crippen LogP contribution in [0.2, 0.25) is 0 Å². The molecular weight excluding hydrogens is 496 g/mol. The van der Waals surface area contributed by atoms with Gasteiger partial charge in [0.1, 0.15) is 0 Å². The fraction of sp³-hybridized carbons (Fsp3) is 0. The van der Waals surface area contributed by atoms with Crippen LogP contribution in [0.3, 0.4) is 0 Å². The summed E-state index contributed by atoms with van der Waals surface area (Å²) in [6, 6.07) is 11.9. The van der Waals surface area contributed by atoms with E-state index in [2.05, 4.69) is 63.7 Å². The van der Waals surface area contributed by atoms with Gasteiger partial charge < -0.3 is 0 Å². The fourth-order valence-corrected chi connectivity index (χ4v) is 1.89. The molecule has 0 saturated heterocycles. The monoisotopic (exact) mass is 498 g/mol. The summed E-state index contributed by atoms with van der Waals surface area (Å²) in [6.07, 6.45) is 0. The minimum atomic E-state index is 0. The Morgan fingerprint density at radius 2 is 1.13 bits per heavy atom. The van der Waals surface area contributed by atoms with Gasteiger partial charge in [-0.1, -0.05) is 49.8 Å². The number of rotatable bonds is 0. The summed E-state index contributed by atoms with van der Waals surface area (Å²) in [7, 11) is 0. The van der Waals surface area contributed by atoms with Gasteiger partial charge in [-0.2, -0.15) is 24.3 Å². The van der Waals surface area contributed by atoms with Crippen molar-refractivity contribution in [2.75, 3.05) is 0 Å². The third kappa shape index (κ3) is 5.85. The Balaban J connectivity index is 0.000000245. The first-order valence-corrected chi connectivity index (χ1v) is 6.92. The minimum absolute atomic E-state index is 0. The van der Waals surface area contributed by atoms with Crippen LogP contribution in [0.25, 0.3) is 0 Å². The molecule has 2 aromatic carbocycles. The van der Waals surface area contributed by atoms with Gasteiger partial charge in [0.25, 0.3) is 0 Å². The second-order valence-corrected chi connectivity index (χ2v) is 5.86. The van der Waals surface area contributed by atoms with Crippen molar-refractivity contribution in [1.29, 1.82) is 0 Å². The van der Waals surface area contributed by atoms with E-state index >= 15 is 0 Å². The molecule has 0 heterocycles. The van der Waals surface area contributed by atoms with Gasteiger partial charge in [-0.15, -0.1) is 31.9 Å². The Morgan fingerprint density at radius 3 is 1.20 bits per heavy atom. The van der Waals surface area contributed by atoms with Crippen molar-refractivity contribution < 1.29 is 17.1 Å². The van der Waals surface area contributed by atoms with E-state index in [4.69, 9.17) is 0 Å². The number of hydrogen-bond donors (Lipinski definition) is 0. The second kappa shape index (κ2) is 8.26. The van der Waals surface area contributed by atoms with Crippen LogP contribution < -0.4 is 0 Å². The van der Waals surface area contributed by atoms with Crippen LogP contribution in [0.15, 0.2) is 54.3 Å². The predicted molar refractivity (Wildman–Crippen MR) is 74.9 cm³/mol. The molecule has 0 atom stereocenters. The quantitative estimate of drug-likeness (QED) is 0.313. The summed E-state index contributed by atoms with van der Waals surface area (Å²) in [5, 5.41) is 0. The van der Waals surface area contributed by atoms with E-state index in [1.54, 1.807) is 0 Å². The Labute approximate surface area is 134 Å². The zero-order valence-corrected chi connectivity index (χ0v) is 14.8. The molecule has 0 fully saturated rings. The van der Waals surface area contributed by atoms with E-state index in [9.17, 15) is 0 Å². The Bertz CT molecular complexity index is 320. The van der Waals surface area contributed by atoms with Gasteiger partial charge in [0, 0.05) is 0 Å². The summed E-state index contributed by atoms with van der Waals surface area (Å²) in [6.45, 7) is 0. The largest absolute Gasteiger partial charge is 2.00 e. The fourth-order valence-electron chi connectivity index (χ4n) is 0.753. The van der Waals surface area contributed by atoms with Crippen molar-refractivity contribution in [3.63, 3.8) is 0 Å². The summed E-state index contributed by atoms with van der Waals surface area (Å²) >= 11 is 13.3. The molecular formula is C10H6Br4Fe. The summed E-state index contributed by atoms with van der Waals surface area (Å²) < 4.78 is 4.47. The normalized spacial score (nSPS) is 8.80. The first-order valence-electron chi connectivity index (χ1n) is 3.74. The SMILES string of the molecule is Brc1ccc[c-]1Br.Brc1ccc[c-]1Br.[Fe+2]. The van der Waals surface area contributed by atoms with Gasteiger partial charge in [-0.3, -0.25) is 0 Å². The summed E-state index contributed by atoms with van der Waals surface area (Å²) in [5.74, 6) is 0. The molecule has 2 aromatic rings. The molecule has 0 amide bonds. The second-order valence-electron chi connectivity index (χ2n) is 2.44. The zero-order valence-electron chi connectivity index (χ0n) is 7.33. The average Bonchev–Trinajstić information content (AvgIpc) is 2.67. The maximum absolute atomic E-state index is 3.32. The molecule has 0 aliphatic carbocycles. The molecule has 15 heavy (non-hydrogen) atoms. The van der Waals surface area contributed by atoms with Crippen molar-refractivity contribution in [2.24, 2.45) is 0 Å². The van der Waals surface area contributed by atoms with Gasteiger partial charge in [0.2, 0.25) is 0 Å². The van der Waals surface area contributed by atoms with Gasteiger partial charge >= 0.3 is 17.1 Å². The van der Waals surface area contributed by atoms with Crippen molar-refractivity contribution in [2.45, 2.75) is 0 Å². The maximum Gasteiger partial charge on any atom is 2.00 e. The van der Waals surface area contributed by atoms with Crippen LogP contribution in [-0.4, -0.2) is 0 Å². The van der Waals surface area contributed by atoms with Crippen LogP contribution in [0, 0.1) is 0 Å². The molecule has 0 radical (unpaired) electrons. The van der Waals surface area contributed by atoms with E-state index in [1.165, 1.54) is 0 Å². The summed E-state index contributed by atoms with van der Waals surface area (Å²) in [5.41, 5.74) is 0. The molecule has 5 heteroatoms. The van der Waals surface area contributed by atoms with Gasteiger partial charge in [-0.25, -0.2) is 12.1 Å². The molecule has 0 N–H and O–H groups in total. The van der Waals surface area contributed by atoms with E-state index in [0.717, 1.165) is 17.9 Å². The molecule has 0 unspecified atom stereocenters. The first kappa shape index (κ1) is 16.1. The van der Waals surface area contributed by atoms with Crippen LogP contribution >= 0.6 is 63.7 Å². The Kier molecular flexibility index (Phi) is 8.89. The number of halogens is 4. The molecule has 0 spiro atoms. The van der Waals surface area contributed by atoms with Crippen molar-refractivity contribution in [3.05, 3.63) is 54.3 Å². The molecule has 2 rings (SSSR count). The van der Waals surface area contributed by atoms with E-state index < -0.39 is 0 Å².